The minimum atomic E-state index is -1.02. The molecular weight excluding hydrogens is 368 g/mol. The summed E-state index contributed by atoms with van der Waals surface area (Å²) in [6.07, 6.45) is 2.98. The molecule has 0 bridgehead atoms. The van der Waals surface area contributed by atoms with Crippen LogP contribution in [-0.4, -0.2) is 30.7 Å². The fourth-order valence-corrected chi connectivity index (χ4v) is 3.54. The second-order valence-corrected chi connectivity index (χ2v) is 6.65. The first-order chi connectivity index (χ1) is 13.0. The van der Waals surface area contributed by atoms with Gasteiger partial charge in [-0.1, -0.05) is 0 Å². The van der Waals surface area contributed by atoms with E-state index in [0.717, 1.165) is 16.9 Å². The zero-order chi connectivity index (χ0) is 19.1. The van der Waals surface area contributed by atoms with Crippen LogP contribution in [0.4, 0.5) is 0 Å². The number of carbonyl (C=O) groups is 1. The molecule has 0 aliphatic carbocycles. The number of aromatic carboxylic acids is 1. The van der Waals surface area contributed by atoms with E-state index in [9.17, 15) is 14.7 Å². The van der Waals surface area contributed by atoms with Crippen LogP contribution in [0.15, 0.2) is 47.5 Å². The molecule has 1 aromatic carbocycles. The SMILES string of the molecule is N#Cc1c(O)c2c(ccn2-c2ccc(-c3ncc(C(=O)O)s3)cc2)[nH]c1=O. The molecule has 9 heteroatoms. The summed E-state index contributed by atoms with van der Waals surface area (Å²) in [7, 11) is 0. The van der Waals surface area contributed by atoms with Gasteiger partial charge in [-0.15, -0.1) is 11.3 Å². The number of aromatic hydroxyl groups is 1. The van der Waals surface area contributed by atoms with Gasteiger partial charge in [-0.25, -0.2) is 9.78 Å². The molecule has 27 heavy (non-hydrogen) atoms. The number of carboxylic acids is 1. The largest absolute Gasteiger partial charge is 0.504 e. The second-order valence-electron chi connectivity index (χ2n) is 5.62. The predicted octanol–water partition coefficient (Wildman–Crippen LogP) is 2.72. The van der Waals surface area contributed by atoms with Gasteiger partial charge in [0.2, 0.25) is 0 Å². The van der Waals surface area contributed by atoms with E-state index < -0.39 is 11.5 Å². The Kier molecular flexibility index (Phi) is 3.75. The number of aromatic nitrogens is 3. The maximum Gasteiger partial charge on any atom is 0.347 e. The first kappa shape index (κ1) is 16.6. The number of nitriles is 1. The Bertz CT molecular complexity index is 1290. The van der Waals surface area contributed by atoms with E-state index in [-0.39, 0.29) is 16.2 Å². The highest BCUT2D eigenvalue weighted by molar-refractivity contribution is 7.16. The lowest BCUT2D eigenvalue weighted by Crippen LogP contribution is -2.10. The molecule has 0 aliphatic heterocycles. The summed E-state index contributed by atoms with van der Waals surface area (Å²) >= 11 is 1.08. The number of hydrogen-bond donors (Lipinski definition) is 3. The monoisotopic (exact) mass is 378 g/mol. The Morgan fingerprint density at radius 1 is 1.26 bits per heavy atom. The molecule has 0 unspecified atom stereocenters. The van der Waals surface area contributed by atoms with Gasteiger partial charge in [0, 0.05) is 17.4 Å². The molecule has 3 aromatic heterocycles. The van der Waals surface area contributed by atoms with E-state index in [4.69, 9.17) is 10.4 Å². The summed E-state index contributed by atoms with van der Waals surface area (Å²) in [5.74, 6) is -1.40. The number of hydrogen-bond acceptors (Lipinski definition) is 6. The average molecular weight is 378 g/mol. The molecule has 4 aromatic rings. The number of carboxylic acid groups (broad SMARTS) is 1. The minimum absolute atomic E-state index is 0.156. The maximum atomic E-state index is 11.8. The third kappa shape index (κ3) is 2.65. The number of fused-ring (bicyclic) bond motifs is 1. The third-order valence-corrected chi connectivity index (χ3v) is 5.08. The highest BCUT2D eigenvalue weighted by Crippen LogP contribution is 2.30. The van der Waals surface area contributed by atoms with Crippen molar-refractivity contribution in [1.29, 1.82) is 5.26 Å². The molecule has 0 saturated carbocycles. The first-order valence-corrected chi connectivity index (χ1v) is 8.47. The topological polar surface area (TPSA) is 132 Å². The zero-order valence-electron chi connectivity index (χ0n) is 13.5. The van der Waals surface area contributed by atoms with E-state index in [0.29, 0.717) is 21.7 Å². The summed E-state index contributed by atoms with van der Waals surface area (Å²) in [5, 5.41) is 29.0. The summed E-state index contributed by atoms with van der Waals surface area (Å²) in [4.78, 5) is 29.6. The van der Waals surface area contributed by atoms with E-state index in [2.05, 4.69) is 9.97 Å². The van der Waals surface area contributed by atoms with Gasteiger partial charge in [0.05, 0.1) is 11.7 Å². The van der Waals surface area contributed by atoms with Crippen LogP contribution in [-0.2, 0) is 0 Å². The Balaban J connectivity index is 1.79. The lowest BCUT2D eigenvalue weighted by atomic mass is 10.2. The summed E-state index contributed by atoms with van der Waals surface area (Å²) in [6, 6.07) is 10.4. The van der Waals surface area contributed by atoms with Crippen molar-refractivity contribution in [3.8, 4) is 28.1 Å². The van der Waals surface area contributed by atoms with Crippen LogP contribution in [0, 0.1) is 11.3 Å². The van der Waals surface area contributed by atoms with Crippen molar-refractivity contribution in [1.82, 2.24) is 14.5 Å². The molecule has 0 fully saturated rings. The molecule has 132 valence electrons. The van der Waals surface area contributed by atoms with Gasteiger partial charge in [0.15, 0.2) is 11.3 Å². The Hall–Kier alpha value is -3.90. The number of H-pyrrole nitrogens is 1. The quantitative estimate of drug-likeness (QED) is 0.502. The maximum absolute atomic E-state index is 11.8. The first-order valence-electron chi connectivity index (χ1n) is 7.66. The van der Waals surface area contributed by atoms with Crippen molar-refractivity contribution in [2.24, 2.45) is 0 Å². The molecule has 8 nitrogen and oxygen atoms in total. The van der Waals surface area contributed by atoms with Crippen LogP contribution < -0.4 is 5.56 Å². The summed E-state index contributed by atoms with van der Waals surface area (Å²) < 4.78 is 1.65. The van der Waals surface area contributed by atoms with Crippen molar-refractivity contribution >= 4 is 28.3 Å². The van der Waals surface area contributed by atoms with Crippen molar-refractivity contribution in [3.05, 3.63) is 63.5 Å². The number of nitrogens with zero attached hydrogens (tertiary/aromatic N) is 3. The van der Waals surface area contributed by atoms with E-state index in [1.807, 2.05) is 0 Å². The van der Waals surface area contributed by atoms with Crippen LogP contribution in [0.2, 0.25) is 0 Å². The molecule has 3 heterocycles. The third-order valence-electron chi connectivity index (χ3n) is 4.04. The van der Waals surface area contributed by atoms with Crippen molar-refractivity contribution < 1.29 is 15.0 Å². The van der Waals surface area contributed by atoms with Crippen LogP contribution in [0.25, 0.3) is 27.3 Å². The lowest BCUT2D eigenvalue weighted by molar-refractivity contribution is 0.0702. The zero-order valence-corrected chi connectivity index (χ0v) is 14.3. The second kappa shape index (κ2) is 6.12. The van der Waals surface area contributed by atoms with Crippen molar-refractivity contribution in [2.75, 3.05) is 0 Å². The normalized spacial score (nSPS) is 10.8. The van der Waals surface area contributed by atoms with Gasteiger partial charge < -0.3 is 19.8 Å². The molecule has 0 amide bonds. The number of rotatable bonds is 3. The molecule has 0 radical (unpaired) electrons. The van der Waals surface area contributed by atoms with Gasteiger partial charge in [0.1, 0.15) is 21.5 Å². The fourth-order valence-electron chi connectivity index (χ4n) is 2.78. The molecule has 0 spiro atoms. The Morgan fingerprint density at radius 2 is 2.00 bits per heavy atom. The smallest absolute Gasteiger partial charge is 0.347 e. The molecule has 4 rings (SSSR count). The number of aromatic amines is 1. The van der Waals surface area contributed by atoms with Crippen molar-refractivity contribution in [2.45, 2.75) is 0 Å². The standard InChI is InChI=1S/C18H10N4O4S/c19-7-11-15(23)14-12(21-16(11)24)5-6-22(14)10-3-1-9(2-4-10)17-20-8-13(27-17)18(25)26/h1-6,8H,(H,25,26)(H2,21,23,24). The van der Waals surface area contributed by atoms with E-state index in [1.54, 1.807) is 47.2 Å². The number of pyridine rings is 1. The van der Waals surface area contributed by atoms with Crippen LogP contribution in [0.5, 0.6) is 5.75 Å². The molecule has 0 aliphatic rings. The van der Waals surface area contributed by atoms with Gasteiger partial charge in [-0.05, 0) is 30.3 Å². The molecule has 0 atom stereocenters. The predicted molar refractivity (Wildman–Crippen MR) is 98.3 cm³/mol. The van der Waals surface area contributed by atoms with Gasteiger partial charge in [-0.2, -0.15) is 5.26 Å². The summed E-state index contributed by atoms with van der Waals surface area (Å²) in [5.41, 5.74) is 1.18. The van der Waals surface area contributed by atoms with Crippen molar-refractivity contribution in [3.63, 3.8) is 0 Å². The van der Waals surface area contributed by atoms with Crippen LogP contribution >= 0.6 is 11.3 Å². The van der Waals surface area contributed by atoms with Gasteiger partial charge >= 0.3 is 5.97 Å². The molecule has 3 N–H and O–H groups in total. The van der Waals surface area contributed by atoms with Crippen LogP contribution in [0.3, 0.4) is 0 Å². The number of thiazole rings is 1. The van der Waals surface area contributed by atoms with E-state index >= 15 is 0 Å². The highest BCUT2D eigenvalue weighted by atomic mass is 32.1. The Morgan fingerprint density at radius 3 is 2.63 bits per heavy atom. The average Bonchev–Trinajstić information content (AvgIpc) is 3.29. The van der Waals surface area contributed by atoms with Gasteiger partial charge in [-0.3, -0.25) is 4.79 Å². The highest BCUT2D eigenvalue weighted by Gasteiger charge is 2.16. The Labute approximate surface area is 155 Å². The fraction of sp³-hybridized carbons (Fsp3) is 0. The van der Waals surface area contributed by atoms with E-state index in [1.165, 1.54) is 6.20 Å². The lowest BCUT2D eigenvalue weighted by Gasteiger charge is -2.08. The summed E-state index contributed by atoms with van der Waals surface area (Å²) in [6.45, 7) is 0. The van der Waals surface area contributed by atoms with Gasteiger partial charge in [0.25, 0.3) is 5.56 Å². The molecule has 0 saturated heterocycles. The number of nitrogens with one attached hydrogen (secondary N) is 1. The van der Waals surface area contributed by atoms with Crippen LogP contribution in [0.1, 0.15) is 15.2 Å². The number of benzene rings is 1. The minimum Gasteiger partial charge on any atom is -0.504 e. The molecular formula is C18H10N4O4S.